The van der Waals surface area contributed by atoms with E-state index in [1.165, 1.54) is 0 Å². The van der Waals surface area contributed by atoms with Gasteiger partial charge in [-0.05, 0) is 36.9 Å². The van der Waals surface area contributed by atoms with Crippen LogP contribution in [0.4, 0.5) is 0 Å². The number of likely N-dealkylation sites (N-methyl/N-ethyl adjacent to an activating group) is 1. The summed E-state index contributed by atoms with van der Waals surface area (Å²) in [7, 11) is 4.10. The molecule has 0 saturated carbocycles. The molecule has 0 aliphatic rings. The fourth-order valence-corrected chi connectivity index (χ4v) is 3.47. The highest BCUT2D eigenvalue weighted by Gasteiger charge is 2.18. The predicted octanol–water partition coefficient (Wildman–Crippen LogP) is 3.83. The van der Waals surface area contributed by atoms with Crippen molar-refractivity contribution in [1.29, 1.82) is 0 Å². The van der Waals surface area contributed by atoms with E-state index >= 15 is 0 Å². The monoisotopic (exact) mass is 338 g/mol. The number of nitrogens with zero attached hydrogens (tertiary/aromatic N) is 1. The van der Waals surface area contributed by atoms with Crippen molar-refractivity contribution >= 4 is 27.6 Å². The van der Waals surface area contributed by atoms with E-state index in [0.29, 0.717) is 24.9 Å². The zero-order chi connectivity index (χ0) is 18.0. The molecule has 1 amide bonds. The first-order chi connectivity index (χ1) is 12.0. The standard InChI is InChI=1S/C21H26N2O2/c1-14(2)18(23(3)4)12-22-20(24)11-16-13-25-19-10-9-15-7-5-6-8-17(15)21(16)19/h5-10,13-14,18H,11-12H2,1-4H3,(H,22,24). The van der Waals surface area contributed by atoms with E-state index in [0.717, 1.165) is 27.3 Å². The molecule has 3 rings (SSSR count). The van der Waals surface area contributed by atoms with Crippen molar-refractivity contribution in [2.24, 2.45) is 5.92 Å². The van der Waals surface area contributed by atoms with Crippen molar-refractivity contribution in [3.8, 4) is 0 Å². The maximum absolute atomic E-state index is 12.5. The summed E-state index contributed by atoms with van der Waals surface area (Å²) in [5.41, 5.74) is 1.77. The minimum atomic E-state index is 0.0307. The lowest BCUT2D eigenvalue weighted by atomic mass is 10.0. The third kappa shape index (κ3) is 3.69. The molecule has 1 N–H and O–H groups in total. The van der Waals surface area contributed by atoms with Gasteiger partial charge in [0.1, 0.15) is 5.58 Å². The zero-order valence-corrected chi connectivity index (χ0v) is 15.4. The second kappa shape index (κ2) is 7.28. The van der Waals surface area contributed by atoms with E-state index in [9.17, 15) is 4.79 Å². The lowest BCUT2D eigenvalue weighted by Gasteiger charge is -2.28. The topological polar surface area (TPSA) is 45.5 Å². The Labute approximate surface area is 148 Å². The minimum absolute atomic E-state index is 0.0307. The van der Waals surface area contributed by atoms with Crippen LogP contribution in [-0.4, -0.2) is 37.5 Å². The van der Waals surface area contributed by atoms with Gasteiger partial charge in [0, 0.05) is 23.5 Å². The number of hydrogen-bond donors (Lipinski definition) is 1. The summed E-state index contributed by atoms with van der Waals surface area (Å²) in [6.45, 7) is 5.00. The Kier molecular flexibility index (Phi) is 5.09. The molecule has 132 valence electrons. The largest absolute Gasteiger partial charge is 0.464 e. The van der Waals surface area contributed by atoms with Crippen molar-refractivity contribution in [3.63, 3.8) is 0 Å². The summed E-state index contributed by atoms with van der Waals surface area (Å²) >= 11 is 0. The van der Waals surface area contributed by atoms with E-state index < -0.39 is 0 Å². The van der Waals surface area contributed by atoms with Crippen LogP contribution in [0, 0.1) is 5.92 Å². The van der Waals surface area contributed by atoms with Gasteiger partial charge < -0.3 is 14.6 Å². The number of fused-ring (bicyclic) bond motifs is 3. The smallest absolute Gasteiger partial charge is 0.224 e. The van der Waals surface area contributed by atoms with Crippen LogP contribution >= 0.6 is 0 Å². The Balaban J connectivity index is 1.79. The molecular formula is C21H26N2O2. The summed E-state index contributed by atoms with van der Waals surface area (Å²) in [4.78, 5) is 14.6. The number of rotatable bonds is 6. The molecule has 2 aromatic carbocycles. The molecule has 25 heavy (non-hydrogen) atoms. The van der Waals surface area contributed by atoms with E-state index in [-0.39, 0.29) is 5.91 Å². The predicted molar refractivity (Wildman–Crippen MR) is 103 cm³/mol. The minimum Gasteiger partial charge on any atom is -0.464 e. The Hall–Kier alpha value is -2.33. The highest BCUT2D eigenvalue weighted by atomic mass is 16.3. The van der Waals surface area contributed by atoms with Crippen LogP contribution in [-0.2, 0) is 11.2 Å². The van der Waals surface area contributed by atoms with E-state index in [2.05, 4.69) is 42.3 Å². The van der Waals surface area contributed by atoms with Gasteiger partial charge in [0.2, 0.25) is 5.91 Å². The molecular weight excluding hydrogens is 312 g/mol. The van der Waals surface area contributed by atoms with Gasteiger partial charge in [-0.3, -0.25) is 4.79 Å². The SMILES string of the molecule is CC(C)C(CNC(=O)Cc1coc2ccc3ccccc3c12)N(C)C. The average molecular weight is 338 g/mol. The molecule has 1 heterocycles. The average Bonchev–Trinajstić information content (AvgIpc) is 2.97. The third-order valence-electron chi connectivity index (χ3n) is 4.83. The fraction of sp³-hybridized carbons (Fsp3) is 0.381. The zero-order valence-electron chi connectivity index (χ0n) is 15.4. The van der Waals surface area contributed by atoms with Gasteiger partial charge >= 0.3 is 0 Å². The first kappa shape index (κ1) is 17.5. The molecule has 0 radical (unpaired) electrons. The molecule has 4 nitrogen and oxygen atoms in total. The molecule has 0 bridgehead atoms. The Morgan fingerprint density at radius 3 is 2.64 bits per heavy atom. The third-order valence-corrected chi connectivity index (χ3v) is 4.83. The number of benzene rings is 2. The molecule has 4 heteroatoms. The number of nitrogens with one attached hydrogen (secondary N) is 1. The van der Waals surface area contributed by atoms with Crippen LogP contribution in [0.3, 0.4) is 0 Å². The van der Waals surface area contributed by atoms with Gasteiger partial charge in [0.25, 0.3) is 0 Å². The van der Waals surface area contributed by atoms with E-state index in [1.807, 2.05) is 32.3 Å². The van der Waals surface area contributed by atoms with Crippen LogP contribution in [0.2, 0.25) is 0 Å². The second-order valence-electron chi connectivity index (χ2n) is 7.18. The van der Waals surface area contributed by atoms with Gasteiger partial charge in [-0.15, -0.1) is 0 Å². The molecule has 0 aliphatic carbocycles. The number of furan rings is 1. The summed E-state index contributed by atoms with van der Waals surface area (Å²) in [5, 5.41) is 6.40. The van der Waals surface area contributed by atoms with Crippen LogP contribution in [0.5, 0.6) is 0 Å². The molecule has 0 fully saturated rings. The first-order valence-corrected chi connectivity index (χ1v) is 8.78. The lowest BCUT2D eigenvalue weighted by Crippen LogP contribution is -2.43. The number of carbonyl (C=O) groups is 1. The number of amides is 1. The van der Waals surface area contributed by atoms with E-state index in [1.54, 1.807) is 6.26 Å². The van der Waals surface area contributed by atoms with Gasteiger partial charge in [-0.1, -0.05) is 44.2 Å². The van der Waals surface area contributed by atoms with Gasteiger partial charge in [-0.2, -0.15) is 0 Å². The summed E-state index contributed by atoms with van der Waals surface area (Å²) in [6, 6.07) is 12.5. The molecule has 0 aliphatic heterocycles. The molecule has 1 unspecified atom stereocenters. The number of carbonyl (C=O) groups excluding carboxylic acids is 1. The van der Waals surface area contributed by atoms with Gasteiger partial charge in [0.15, 0.2) is 0 Å². The van der Waals surface area contributed by atoms with E-state index in [4.69, 9.17) is 4.42 Å². The summed E-state index contributed by atoms with van der Waals surface area (Å²) in [5.74, 6) is 0.511. The second-order valence-corrected chi connectivity index (χ2v) is 7.18. The van der Waals surface area contributed by atoms with Crippen molar-refractivity contribution in [2.45, 2.75) is 26.3 Å². The Bertz CT molecular complexity index is 872. The van der Waals surface area contributed by atoms with Crippen molar-refractivity contribution in [3.05, 3.63) is 48.2 Å². The molecule has 0 spiro atoms. The number of hydrogen-bond acceptors (Lipinski definition) is 3. The Morgan fingerprint density at radius 2 is 1.92 bits per heavy atom. The molecule has 1 aromatic heterocycles. The molecule has 3 aromatic rings. The Morgan fingerprint density at radius 1 is 1.16 bits per heavy atom. The maximum atomic E-state index is 12.5. The molecule has 1 atom stereocenters. The van der Waals surface area contributed by atoms with Crippen molar-refractivity contribution in [1.82, 2.24) is 10.2 Å². The van der Waals surface area contributed by atoms with Crippen molar-refractivity contribution < 1.29 is 9.21 Å². The highest BCUT2D eigenvalue weighted by Crippen LogP contribution is 2.30. The maximum Gasteiger partial charge on any atom is 0.224 e. The van der Waals surface area contributed by atoms with Crippen molar-refractivity contribution in [2.75, 3.05) is 20.6 Å². The van der Waals surface area contributed by atoms with Crippen LogP contribution in [0.25, 0.3) is 21.7 Å². The van der Waals surface area contributed by atoms with Crippen LogP contribution < -0.4 is 5.32 Å². The molecule has 0 saturated heterocycles. The van der Waals surface area contributed by atoms with Gasteiger partial charge in [0.05, 0.1) is 12.7 Å². The highest BCUT2D eigenvalue weighted by molar-refractivity contribution is 6.08. The van der Waals surface area contributed by atoms with Crippen LogP contribution in [0.1, 0.15) is 19.4 Å². The quantitative estimate of drug-likeness (QED) is 0.743. The summed E-state index contributed by atoms with van der Waals surface area (Å²) < 4.78 is 5.67. The summed E-state index contributed by atoms with van der Waals surface area (Å²) in [6.07, 6.45) is 2.04. The first-order valence-electron chi connectivity index (χ1n) is 8.78. The van der Waals surface area contributed by atoms with Crippen LogP contribution in [0.15, 0.2) is 47.1 Å². The normalized spacial score (nSPS) is 13.0. The van der Waals surface area contributed by atoms with Gasteiger partial charge in [-0.25, -0.2) is 0 Å². The fourth-order valence-electron chi connectivity index (χ4n) is 3.47. The lowest BCUT2D eigenvalue weighted by molar-refractivity contribution is -0.120.